The maximum atomic E-state index is 11.3. The Labute approximate surface area is 116 Å². The molecule has 1 spiro atoms. The van der Waals surface area contributed by atoms with Crippen molar-refractivity contribution >= 4 is 5.97 Å². The molecule has 0 bridgehead atoms. The van der Waals surface area contributed by atoms with E-state index in [0.717, 1.165) is 31.3 Å². The lowest BCUT2D eigenvalue weighted by Gasteiger charge is -2.47. The molecule has 0 aromatic carbocycles. The normalized spacial score (nSPS) is 35.2. The largest absolute Gasteiger partial charge is 0.458 e. The number of carbonyl (C=O) groups is 1. The van der Waals surface area contributed by atoms with Crippen LogP contribution in [0, 0.1) is 11.3 Å². The van der Waals surface area contributed by atoms with Crippen LogP contribution in [-0.4, -0.2) is 12.1 Å². The standard InChI is InChI=1S/C17H24O2/c1-11-6-7-13(3)17(14(11)4)9-8-12(2)16(10-17)19-15(5)18/h8,11,16H,3-4,6-7,9-10H2,1-2,5H3. The molecule has 3 unspecified atom stereocenters. The fraction of sp³-hybridized carbons (Fsp3) is 0.588. The highest BCUT2D eigenvalue weighted by Crippen LogP contribution is 2.54. The summed E-state index contributed by atoms with van der Waals surface area (Å²) in [6.07, 6.45) is 6.05. The minimum atomic E-state index is -0.213. The summed E-state index contributed by atoms with van der Waals surface area (Å²) < 4.78 is 5.47. The molecular weight excluding hydrogens is 236 g/mol. The smallest absolute Gasteiger partial charge is 0.303 e. The van der Waals surface area contributed by atoms with E-state index in [1.54, 1.807) is 0 Å². The van der Waals surface area contributed by atoms with Crippen LogP contribution < -0.4 is 0 Å². The van der Waals surface area contributed by atoms with E-state index in [2.05, 4.69) is 26.2 Å². The van der Waals surface area contributed by atoms with Crippen LogP contribution in [0.15, 0.2) is 36.0 Å². The summed E-state index contributed by atoms with van der Waals surface area (Å²) in [6, 6.07) is 0. The summed E-state index contributed by atoms with van der Waals surface area (Å²) in [7, 11) is 0. The Balaban J connectivity index is 2.31. The minimum absolute atomic E-state index is 0.0582. The third kappa shape index (κ3) is 2.41. The first-order chi connectivity index (χ1) is 8.86. The van der Waals surface area contributed by atoms with Gasteiger partial charge in [-0.05, 0) is 37.7 Å². The van der Waals surface area contributed by atoms with Gasteiger partial charge in [-0.2, -0.15) is 0 Å². The Hall–Kier alpha value is -1.31. The van der Waals surface area contributed by atoms with E-state index in [1.165, 1.54) is 18.1 Å². The zero-order valence-electron chi connectivity index (χ0n) is 12.3. The van der Waals surface area contributed by atoms with Gasteiger partial charge in [0.2, 0.25) is 0 Å². The lowest BCUT2D eigenvalue weighted by atomic mass is 9.58. The summed E-state index contributed by atoms with van der Waals surface area (Å²) >= 11 is 0. The van der Waals surface area contributed by atoms with Gasteiger partial charge in [-0.15, -0.1) is 0 Å². The van der Waals surface area contributed by atoms with Crippen LogP contribution >= 0.6 is 0 Å². The van der Waals surface area contributed by atoms with Crippen LogP contribution in [0.3, 0.4) is 0 Å². The third-order valence-corrected chi connectivity index (χ3v) is 4.89. The van der Waals surface area contributed by atoms with Gasteiger partial charge in [-0.25, -0.2) is 0 Å². The predicted molar refractivity (Wildman–Crippen MR) is 77.7 cm³/mol. The molecule has 3 atom stereocenters. The van der Waals surface area contributed by atoms with E-state index in [4.69, 9.17) is 4.74 Å². The monoisotopic (exact) mass is 260 g/mol. The molecule has 2 aliphatic carbocycles. The molecule has 1 fully saturated rings. The van der Waals surface area contributed by atoms with Gasteiger partial charge < -0.3 is 4.74 Å². The predicted octanol–water partition coefficient (Wildman–Crippen LogP) is 4.19. The number of ether oxygens (including phenoxy) is 1. The summed E-state index contributed by atoms with van der Waals surface area (Å²) in [5.74, 6) is 0.310. The number of hydrogen-bond donors (Lipinski definition) is 0. The molecule has 0 amide bonds. The second-order valence-corrected chi connectivity index (χ2v) is 6.11. The van der Waals surface area contributed by atoms with Crippen molar-refractivity contribution in [1.29, 1.82) is 0 Å². The van der Waals surface area contributed by atoms with E-state index in [1.807, 2.05) is 6.92 Å². The number of esters is 1. The summed E-state index contributed by atoms with van der Waals surface area (Å²) in [5, 5.41) is 0. The van der Waals surface area contributed by atoms with E-state index >= 15 is 0 Å². The second kappa shape index (κ2) is 4.99. The van der Waals surface area contributed by atoms with Gasteiger partial charge in [0.15, 0.2) is 0 Å². The number of rotatable bonds is 1. The van der Waals surface area contributed by atoms with Crippen molar-refractivity contribution in [1.82, 2.24) is 0 Å². The van der Waals surface area contributed by atoms with Crippen LogP contribution in [0.4, 0.5) is 0 Å². The molecular formula is C17H24O2. The van der Waals surface area contributed by atoms with Gasteiger partial charge in [-0.3, -0.25) is 4.79 Å². The van der Waals surface area contributed by atoms with Gasteiger partial charge in [0.1, 0.15) is 6.10 Å². The topological polar surface area (TPSA) is 26.3 Å². The Morgan fingerprint density at radius 1 is 1.47 bits per heavy atom. The molecule has 2 nitrogen and oxygen atoms in total. The summed E-state index contributed by atoms with van der Waals surface area (Å²) in [5.41, 5.74) is 3.62. The first-order valence-corrected chi connectivity index (χ1v) is 7.08. The van der Waals surface area contributed by atoms with Crippen LogP contribution in [-0.2, 0) is 9.53 Å². The summed E-state index contributed by atoms with van der Waals surface area (Å²) in [6.45, 7) is 14.4. The fourth-order valence-corrected chi connectivity index (χ4v) is 3.42. The molecule has 2 aliphatic rings. The van der Waals surface area contributed by atoms with Crippen molar-refractivity contribution in [2.75, 3.05) is 0 Å². The molecule has 0 radical (unpaired) electrons. The first kappa shape index (κ1) is 14.1. The highest BCUT2D eigenvalue weighted by atomic mass is 16.5. The highest BCUT2D eigenvalue weighted by Gasteiger charge is 2.44. The Morgan fingerprint density at radius 3 is 2.79 bits per heavy atom. The van der Waals surface area contributed by atoms with Crippen LogP contribution in [0.25, 0.3) is 0 Å². The average molecular weight is 260 g/mol. The molecule has 2 heteroatoms. The van der Waals surface area contributed by atoms with Crippen LogP contribution in [0.5, 0.6) is 0 Å². The Bertz CT molecular complexity index is 458. The SMILES string of the molecule is C=C1CCC(C)C(=C)C12CC=C(C)C(OC(C)=O)C2. The van der Waals surface area contributed by atoms with Crippen molar-refractivity contribution in [2.24, 2.45) is 11.3 Å². The molecule has 0 saturated heterocycles. The fourth-order valence-electron chi connectivity index (χ4n) is 3.42. The molecule has 0 aromatic rings. The lowest BCUT2D eigenvalue weighted by molar-refractivity contribution is -0.145. The molecule has 0 aromatic heterocycles. The molecule has 19 heavy (non-hydrogen) atoms. The van der Waals surface area contributed by atoms with E-state index in [9.17, 15) is 4.79 Å². The molecule has 0 aliphatic heterocycles. The number of allylic oxidation sites excluding steroid dienone is 3. The van der Waals surface area contributed by atoms with Crippen molar-refractivity contribution in [3.05, 3.63) is 36.0 Å². The zero-order chi connectivity index (χ0) is 14.2. The van der Waals surface area contributed by atoms with E-state index in [-0.39, 0.29) is 17.5 Å². The lowest BCUT2D eigenvalue weighted by Crippen LogP contribution is -2.39. The molecule has 104 valence electrons. The van der Waals surface area contributed by atoms with Gasteiger partial charge in [0.25, 0.3) is 0 Å². The van der Waals surface area contributed by atoms with Gasteiger partial charge in [-0.1, -0.05) is 37.3 Å². The van der Waals surface area contributed by atoms with E-state index < -0.39 is 0 Å². The number of hydrogen-bond acceptors (Lipinski definition) is 2. The maximum absolute atomic E-state index is 11.3. The molecule has 0 heterocycles. The van der Waals surface area contributed by atoms with Crippen molar-refractivity contribution in [2.45, 2.75) is 52.6 Å². The maximum Gasteiger partial charge on any atom is 0.303 e. The van der Waals surface area contributed by atoms with E-state index in [0.29, 0.717) is 5.92 Å². The average Bonchev–Trinajstić information content (AvgIpc) is 2.35. The van der Waals surface area contributed by atoms with Crippen molar-refractivity contribution in [3.8, 4) is 0 Å². The quantitative estimate of drug-likeness (QED) is 0.522. The number of carbonyl (C=O) groups excluding carboxylic acids is 1. The Kier molecular flexibility index (Phi) is 3.71. The van der Waals surface area contributed by atoms with Crippen molar-refractivity contribution < 1.29 is 9.53 Å². The van der Waals surface area contributed by atoms with Crippen LogP contribution in [0.2, 0.25) is 0 Å². The first-order valence-electron chi connectivity index (χ1n) is 7.08. The molecule has 2 rings (SSSR count). The van der Waals surface area contributed by atoms with Gasteiger partial charge in [0.05, 0.1) is 0 Å². The van der Waals surface area contributed by atoms with Crippen molar-refractivity contribution in [3.63, 3.8) is 0 Å². The minimum Gasteiger partial charge on any atom is -0.458 e. The molecule has 0 N–H and O–H groups in total. The Morgan fingerprint density at radius 2 is 2.16 bits per heavy atom. The second-order valence-electron chi connectivity index (χ2n) is 6.11. The third-order valence-electron chi connectivity index (χ3n) is 4.89. The van der Waals surface area contributed by atoms with Gasteiger partial charge in [0, 0.05) is 18.8 Å². The molecule has 1 saturated carbocycles. The highest BCUT2D eigenvalue weighted by molar-refractivity contribution is 5.66. The zero-order valence-corrected chi connectivity index (χ0v) is 12.3. The summed E-state index contributed by atoms with van der Waals surface area (Å²) in [4.78, 5) is 11.3. The van der Waals surface area contributed by atoms with Gasteiger partial charge >= 0.3 is 5.97 Å². The van der Waals surface area contributed by atoms with Crippen LogP contribution in [0.1, 0.15) is 46.5 Å².